The third kappa shape index (κ3) is 2.04. The molecule has 0 saturated heterocycles. The van der Waals surface area contributed by atoms with Gasteiger partial charge in [-0.2, -0.15) is 0 Å². The number of aromatic nitrogens is 1. The molecule has 1 aromatic carbocycles. The fourth-order valence-electron chi connectivity index (χ4n) is 1.82. The van der Waals surface area contributed by atoms with Crippen LogP contribution < -0.4 is 4.87 Å². The van der Waals surface area contributed by atoms with E-state index < -0.39 is 0 Å². The number of hydrogen-bond acceptors (Lipinski definition) is 4. The average Bonchev–Trinajstić information content (AvgIpc) is 2.82. The van der Waals surface area contributed by atoms with Gasteiger partial charge in [-0.15, -0.1) is 12.6 Å². The molecule has 2 aromatic rings. The van der Waals surface area contributed by atoms with Gasteiger partial charge in [0.25, 0.3) is 0 Å². The molecule has 0 aliphatic carbocycles. The summed E-state index contributed by atoms with van der Waals surface area (Å²) in [4.78, 5) is 18.5. The van der Waals surface area contributed by atoms with E-state index in [1.54, 1.807) is 12.1 Å². The Balaban J connectivity index is 2.26. The molecule has 1 aliphatic rings. The van der Waals surface area contributed by atoms with Crippen molar-refractivity contribution in [1.29, 1.82) is 5.41 Å². The van der Waals surface area contributed by atoms with Crippen molar-refractivity contribution in [3.63, 3.8) is 0 Å². The number of H-pyrrole nitrogens is 1. The number of nitrogens with one attached hydrogen (secondary N) is 2. The summed E-state index contributed by atoms with van der Waals surface area (Å²) in [6.07, 6.45) is 0. The Hall–Kier alpha value is -1.08. The second-order valence-corrected chi connectivity index (χ2v) is 6.06. The average molecular weight is 330 g/mol. The van der Waals surface area contributed by atoms with Crippen LogP contribution in [0, 0.1) is 5.41 Å². The highest BCUT2D eigenvalue weighted by molar-refractivity contribution is 7.80. The monoisotopic (exact) mass is 329 g/mol. The molecular weight excluding hydrogens is 325 g/mol. The van der Waals surface area contributed by atoms with Crippen molar-refractivity contribution in [3.8, 4) is 0 Å². The van der Waals surface area contributed by atoms with E-state index in [4.69, 9.17) is 28.6 Å². The van der Waals surface area contributed by atoms with Gasteiger partial charge in [-0.25, -0.2) is 4.99 Å². The van der Waals surface area contributed by atoms with Crippen LogP contribution in [0.3, 0.4) is 0 Å². The van der Waals surface area contributed by atoms with E-state index in [0.717, 1.165) is 11.3 Å². The van der Waals surface area contributed by atoms with E-state index >= 15 is 0 Å². The number of thiazole rings is 1. The Kier molecular flexibility index (Phi) is 3.05. The Morgan fingerprint density at radius 2 is 1.89 bits per heavy atom. The maximum Gasteiger partial charge on any atom is 0.305 e. The lowest BCUT2D eigenvalue weighted by molar-refractivity contribution is 1.16. The Bertz CT molecular complexity index is 807. The van der Waals surface area contributed by atoms with Crippen molar-refractivity contribution < 1.29 is 0 Å². The van der Waals surface area contributed by atoms with Crippen LogP contribution in [0.4, 0.5) is 0 Å². The van der Waals surface area contributed by atoms with Gasteiger partial charge in [-0.05, 0) is 12.1 Å². The lowest BCUT2D eigenvalue weighted by atomic mass is 10.0. The fourth-order valence-corrected chi connectivity index (χ4v) is 3.31. The van der Waals surface area contributed by atoms with Crippen LogP contribution >= 0.6 is 47.2 Å². The van der Waals surface area contributed by atoms with Gasteiger partial charge >= 0.3 is 4.87 Å². The highest BCUT2D eigenvalue weighted by atomic mass is 35.5. The molecule has 3 rings (SSSR count). The first kappa shape index (κ1) is 12.9. The smallest absolute Gasteiger partial charge is 0.305 e. The van der Waals surface area contributed by atoms with Crippen LogP contribution in [-0.2, 0) is 0 Å². The second kappa shape index (κ2) is 4.49. The molecule has 4 nitrogen and oxygen atoms in total. The molecule has 0 unspecified atom stereocenters. The van der Waals surface area contributed by atoms with Crippen molar-refractivity contribution >= 4 is 58.7 Å². The van der Waals surface area contributed by atoms with E-state index in [1.807, 2.05) is 0 Å². The van der Waals surface area contributed by atoms with E-state index in [2.05, 4.69) is 22.6 Å². The van der Waals surface area contributed by atoms with E-state index in [0.29, 0.717) is 36.8 Å². The number of fused-ring (bicyclic) bond motifs is 1. The molecule has 0 amide bonds. The zero-order valence-electron chi connectivity index (χ0n) is 9.12. The third-order valence-electron chi connectivity index (χ3n) is 2.64. The second-order valence-electron chi connectivity index (χ2n) is 3.81. The molecule has 8 heteroatoms. The molecule has 1 aromatic heterocycles. The maximum absolute atomic E-state index is 11.3. The summed E-state index contributed by atoms with van der Waals surface area (Å²) in [7, 11) is 0. The molecule has 19 heavy (non-hydrogen) atoms. The first-order valence-corrected chi connectivity index (χ1v) is 7.09. The van der Waals surface area contributed by atoms with Gasteiger partial charge in [0.2, 0.25) is 0 Å². The highest BCUT2D eigenvalue weighted by Crippen LogP contribution is 2.33. The lowest BCUT2D eigenvalue weighted by Crippen LogP contribution is -1.99. The van der Waals surface area contributed by atoms with Crippen molar-refractivity contribution in [2.45, 2.75) is 5.03 Å². The predicted molar refractivity (Wildman–Crippen MR) is 81.1 cm³/mol. The molecule has 0 saturated carbocycles. The Morgan fingerprint density at radius 1 is 1.26 bits per heavy atom. The summed E-state index contributed by atoms with van der Waals surface area (Å²) in [5.41, 5.74) is 1.80. The number of halogens is 2. The first-order valence-electron chi connectivity index (χ1n) is 5.07. The number of rotatable bonds is 1. The standard InChI is InChI=1S/C11H5Cl2N3OS2/c12-5-1-3-4(2-6(5)13)9(14)15-7(3)8-10(18)16-11(17)19-8/h1-2,14,18H,(H,16,17). The molecule has 0 bridgehead atoms. The normalized spacial score (nSPS) is 13.6. The molecule has 96 valence electrons. The number of aliphatic imine (C=N–C) groups is 1. The minimum Gasteiger partial charge on any atom is -0.307 e. The Morgan fingerprint density at radius 3 is 2.47 bits per heavy atom. The highest BCUT2D eigenvalue weighted by Gasteiger charge is 2.26. The number of aromatic amines is 1. The summed E-state index contributed by atoms with van der Waals surface area (Å²) >= 11 is 17.1. The van der Waals surface area contributed by atoms with Gasteiger partial charge in [0, 0.05) is 11.1 Å². The summed E-state index contributed by atoms with van der Waals surface area (Å²) in [6, 6.07) is 3.25. The predicted octanol–water partition coefficient (Wildman–Crippen LogP) is 3.21. The summed E-state index contributed by atoms with van der Waals surface area (Å²) in [5.74, 6) is 0.0946. The van der Waals surface area contributed by atoms with Gasteiger partial charge in [0.15, 0.2) is 5.84 Å². The minimum absolute atomic E-state index is 0.0946. The maximum atomic E-state index is 11.3. The van der Waals surface area contributed by atoms with Crippen LogP contribution in [0.25, 0.3) is 0 Å². The number of thiol groups is 1. The number of nitrogens with zero attached hydrogens (tertiary/aromatic N) is 1. The van der Waals surface area contributed by atoms with Gasteiger partial charge < -0.3 is 4.98 Å². The first-order chi connectivity index (χ1) is 8.97. The minimum atomic E-state index is -0.220. The molecule has 0 spiro atoms. The zero-order valence-corrected chi connectivity index (χ0v) is 12.3. The quantitative estimate of drug-likeness (QED) is 0.691. The summed E-state index contributed by atoms with van der Waals surface area (Å²) in [6.45, 7) is 0. The van der Waals surface area contributed by atoms with Gasteiger partial charge in [0.05, 0.1) is 25.7 Å². The third-order valence-corrected chi connectivity index (χ3v) is 4.74. The van der Waals surface area contributed by atoms with Crippen molar-refractivity contribution in [3.05, 3.63) is 47.8 Å². The fraction of sp³-hybridized carbons (Fsp3) is 0. The molecule has 1 aliphatic heterocycles. The van der Waals surface area contributed by atoms with Gasteiger partial charge in [-0.3, -0.25) is 10.2 Å². The molecule has 0 atom stereocenters. The van der Waals surface area contributed by atoms with Crippen molar-refractivity contribution in [2.24, 2.45) is 4.99 Å². The number of benzene rings is 1. The number of amidine groups is 1. The van der Waals surface area contributed by atoms with E-state index in [-0.39, 0.29) is 10.7 Å². The van der Waals surface area contributed by atoms with Crippen LogP contribution in [0.2, 0.25) is 10.0 Å². The van der Waals surface area contributed by atoms with Gasteiger partial charge in [-0.1, -0.05) is 34.5 Å². The molecular formula is C11H5Cl2N3OS2. The van der Waals surface area contributed by atoms with Crippen LogP contribution in [0.5, 0.6) is 0 Å². The lowest BCUT2D eigenvalue weighted by Gasteiger charge is -2.03. The Labute approximate surface area is 127 Å². The summed E-state index contributed by atoms with van der Waals surface area (Å²) < 4.78 is 0. The molecule has 2 heterocycles. The summed E-state index contributed by atoms with van der Waals surface area (Å²) in [5, 5.41) is 9.04. The topological polar surface area (TPSA) is 69.1 Å². The largest absolute Gasteiger partial charge is 0.307 e. The van der Waals surface area contributed by atoms with Crippen LogP contribution in [-0.4, -0.2) is 16.5 Å². The van der Waals surface area contributed by atoms with E-state index in [1.165, 1.54) is 0 Å². The SMILES string of the molecule is N=C1N=C(c2sc(=O)[nH]c2S)c2cc(Cl)c(Cl)cc21. The van der Waals surface area contributed by atoms with Crippen LogP contribution in [0.1, 0.15) is 16.0 Å². The number of hydrogen-bond donors (Lipinski definition) is 3. The zero-order chi connectivity index (χ0) is 13.7. The molecule has 0 fully saturated rings. The van der Waals surface area contributed by atoms with Crippen molar-refractivity contribution in [2.75, 3.05) is 0 Å². The molecule has 0 radical (unpaired) electrons. The van der Waals surface area contributed by atoms with Gasteiger partial charge in [0.1, 0.15) is 0 Å². The van der Waals surface area contributed by atoms with E-state index in [9.17, 15) is 4.79 Å². The van der Waals surface area contributed by atoms with Crippen molar-refractivity contribution in [1.82, 2.24) is 4.98 Å². The van der Waals surface area contributed by atoms with Crippen LogP contribution in [0.15, 0.2) is 26.9 Å². The molecule has 2 N–H and O–H groups in total.